The molecule has 0 spiro atoms. The van der Waals surface area contributed by atoms with Crippen molar-refractivity contribution >= 4 is 88.9 Å². The van der Waals surface area contributed by atoms with Crippen LogP contribution in [-0.4, -0.2) is 25.5 Å². The molecule has 0 atom stereocenters. The van der Waals surface area contributed by atoms with E-state index < -0.39 is 0 Å². The summed E-state index contributed by atoms with van der Waals surface area (Å²) in [4.78, 5) is 49.0. The second kappa shape index (κ2) is 41.2. The number of esters is 1. The molecule has 18 aromatic carbocycles. The maximum absolute atomic E-state index is 11.7. The standard InChI is InChI=1S/C21H17O2S.C20H15O2S.C20H17O2S.C19H12NOS.C19H15OS.C18H13S2/c1-23-21(22)15-10-12-18(13-11-15)24-19-8-4-2-6-16(19)14-17-7-3-5-9-20(17)24;1-14(21)15-10-12-16(13-11-15)23-19-8-4-2-6-17(19)22-18-7-3-5-9-20(18)23;1-2-21-15-11-13-16(14-12-15)23-19-9-5-3-7-17(19)22-18-8-4-6-10-20(18)23;20-13-14-9-11-15(12-10-14)22-18-7-3-1-5-16(18)21-17-6-2-4-8-19(17)22;1-14-10-12-15(13-11-14)21-18-8-4-2-6-16(18)20-17-7-3-5-9-19(17)21;1-2-8-14(9-3-1)20-17-12-6-4-10-15(17)19-16-11-5-7-13-18(16)20/h2-13H,14H2,1H3;2-13H,1H3;3-14H,2H2,1H3;1-12H;2-13H,1H3;1-13H/q6*+1. The average Bonchev–Trinajstić information content (AvgIpc) is 0.790. The predicted molar refractivity (Wildman–Crippen MR) is 538 cm³/mol. The zero-order chi connectivity index (χ0) is 90.5. The van der Waals surface area contributed by atoms with Crippen LogP contribution in [0.15, 0.2) is 541 Å². The number of rotatable bonds is 10. The third kappa shape index (κ3) is 19.3. The molecular weight excluding hydrogens is 1770 g/mol. The molecule has 133 heavy (non-hydrogen) atoms. The third-order valence-corrected chi connectivity index (χ3v) is 37.7. The lowest BCUT2D eigenvalue weighted by Gasteiger charge is -2.19. The van der Waals surface area contributed by atoms with Crippen molar-refractivity contribution in [1.82, 2.24) is 0 Å². The van der Waals surface area contributed by atoms with Crippen LogP contribution in [0.1, 0.15) is 56.8 Å². The van der Waals surface area contributed by atoms with E-state index >= 15 is 0 Å². The minimum absolute atomic E-state index is 0.0212. The van der Waals surface area contributed by atoms with Crippen molar-refractivity contribution in [3.8, 4) is 57.8 Å². The monoisotopic (exact) mass is 1860 g/mol. The molecule has 0 radical (unpaired) electrons. The van der Waals surface area contributed by atoms with Crippen LogP contribution < -0.4 is 23.7 Å². The van der Waals surface area contributed by atoms with Crippen molar-refractivity contribution in [3.05, 3.63) is 476 Å². The summed E-state index contributed by atoms with van der Waals surface area (Å²) < 4.78 is 34.6. The zero-order valence-corrected chi connectivity index (χ0v) is 78.8. The molecule has 646 valence electrons. The highest BCUT2D eigenvalue weighted by atomic mass is 32.2. The van der Waals surface area contributed by atoms with Crippen LogP contribution in [-0.2, 0) is 76.5 Å². The molecule has 6 aliphatic heterocycles. The fraction of sp³-hybridized carbons (Fsp3) is 0.0513. The van der Waals surface area contributed by atoms with Crippen LogP contribution in [0.5, 0.6) is 51.7 Å². The van der Waals surface area contributed by atoms with E-state index in [0.29, 0.717) is 17.7 Å². The number of carbonyl (C=O) groups is 2. The molecule has 18 aromatic rings. The Morgan fingerprint density at radius 2 is 0.556 bits per heavy atom. The summed E-state index contributed by atoms with van der Waals surface area (Å²) in [6.07, 6.45) is 0.982. The number of hydrogen-bond donors (Lipinski definition) is 0. The summed E-state index contributed by atoms with van der Waals surface area (Å²) in [5.74, 6) is 8.18. The van der Waals surface area contributed by atoms with Gasteiger partial charge < -0.3 is 28.4 Å². The third-order valence-electron chi connectivity index (χ3n) is 22.4. The molecule has 9 nitrogen and oxygen atoms in total. The van der Waals surface area contributed by atoms with E-state index in [1.54, 1.807) is 6.92 Å². The second-order valence-corrected chi connectivity index (χ2v) is 43.8. The van der Waals surface area contributed by atoms with Crippen LogP contribution in [0.3, 0.4) is 0 Å². The molecule has 0 aromatic heterocycles. The van der Waals surface area contributed by atoms with Gasteiger partial charge in [0.1, 0.15) is 60.2 Å². The number of benzene rings is 18. The Morgan fingerprint density at radius 3 is 0.880 bits per heavy atom. The fourth-order valence-electron chi connectivity index (χ4n) is 16.2. The van der Waals surface area contributed by atoms with E-state index in [9.17, 15) is 9.59 Å². The number of nitrogens with zero attached hydrogens (tertiary/aromatic N) is 1. The van der Waals surface area contributed by atoms with E-state index in [4.69, 9.17) is 33.7 Å². The van der Waals surface area contributed by atoms with Gasteiger partial charge in [0, 0.05) is 23.1 Å². The first kappa shape index (κ1) is 88.3. The van der Waals surface area contributed by atoms with Gasteiger partial charge in [-0.05, 0) is 276 Å². The Bertz CT molecular complexity index is 7010. The maximum atomic E-state index is 11.7. The Morgan fingerprint density at radius 1 is 0.301 bits per heavy atom. The number of aryl methyl sites for hydroxylation is 1. The summed E-state index contributed by atoms with van der Waals surface area (Å²) >= 11 is 1.89. The highest BCUT2D eigenvalue weighted by Gasteiger charge is 2.45. The Kier molecular flexibility index (Phi) is 27.4. The van der Waals surface area contributed by atoms with Gasteiger partial charge in [0.25, 0.3) is 0 Å². The minimum atomic E-state index is -0.297. The van der Waals surface area contributed by atoms with Gasteiger partial charge in [-0.2, -0.15) is 5.26 Å². The molecular formula is C117H89NO8S7+6. The number of hydrogen-bond acceptors (Lipinski definition) is 10. The molecule has 24 rings (SSSR count). The van der Waals surface area contributed by atoms with Crippen molar-refractivity contribution < 1.29 is 38.0 Å². The first-order valence-electron chi connectivity index (χ1n) is 43.6. The van der Waals surface area contributed by atoms with Gasteiger partial charge in [-0.15, -0.1) is 0 Å². The number of fused-ring (bicyclic) bond motifs is 12. The largest absolute Gasteiger partial charge is 0.494 e. The molecule has 0 saturated carbocycles. The zero-order valence-electron chi connectivity index (χ0n) is 73.1. The second-order valence-electron chi connectivity index (χ2n) is 31.0. The molecule has 0 bridgehead atoms. The van der Waals surface area contributed by atoms with E-state index in [1.807, 2.05) is 201 Å². The molecule has 6 heterocycles. The van der Waals surface area contributed by atoms with Crippen LogP contribution in [0.25, 0.3) is 0 Å². The Balaban J connectivity index is 0.000000103. The van der Waals surface area contributed by atoms with Crippen LogP contribution in [0.4, 0.5) is 0 Å². The number of ether oxygens (including phenoxy) is 6. The van der Waals surface area contributed by atoms with Gasteiger partial charge in [-0.1, -0.05) is 205 Å². The molecule has 16 heteroatoms. The van der Waals surface area contributed by atoms with Crippen molar-refractivity contribution in [2.75, 3.05) is 13.7 Å². The van der Waals surface area contributed by atoms with E-state index in [1.165, 1.54) is 122 Å². The molecule has 0 N–H and O–H groups in total. The molecule has 0 aliphatic carbocycles. The first-order valence-corrected chi connectivity index (χ1v) is 51.7. The van der Waals surface area contributed by atoms with E-state index in [2.05, 4.69) is 274 Å². The van der Waals surface area contributed by atoms with Crippen LogP contribution >= 0.6 is 11.8 Å². The number of para-hydroxylation sites is 8. The summed E-state index contributed by atoms with van der Waals surface area (Å²) in [7, 11) is 0.636. The minimum Gasteiger partial charge on any atom is -0.494 e. The van der Waals surface area contributed by atoms with E-state index in [0.717, 1.165) is 63.7 Å². The number of carbonyl (C=O) groups excluding carboxylic acids is 2. The van der Waals surface area contributed by atoms with Gasteiger partial charge >= 0.3 is 5.97 Å². The number of ketones is 1. The normalized spacial score (nSPS) is 13.0. The van der Waals surface area contributed by atoms with Crippen molar-refractivity contribution in [2.45, 2.75) is 125 Å². The summed E-state index contributed by atoms with van der Waals surface area (Å²) in [6, 6.07) is 155. The Labute approximate surface area is 798 Å². The lowest BCUT2D eigenvalue weighted by atomic mass is 10.0. The van der Waals surface area contributed by atoms with Crippen molar-refractivity contribution in [2.24, 2.45) is 0 Å². The van der Waals surface area contributed by atoms with Gasteiger partial charge in [-0.25, -0.2) is 4.79 Å². The molecule has 0 saturated heterocycles. The SMILES string of the molecule is CC(=O)c1ccc([S+]2c3ccccc3Oc3ccccc32)cc1.CCOc1ccc([S+]2c3ccccc3Oc3ccccc32)cc1.COC(=O)c1ccc([S+]2c3ccccc3Cc3ccccc32)cc1.Cc1ccc([S+]2c3ccccc3Oc3ccccc32)cc1.N#Cc1ccc([S+]2c3ccccc3Oc3ccccc32)cc1.c1ccc([S+]2c3ccccc3Sc3ccccc32)cc1. The van der Waals surface area contributed by atoms with Gasteiger partial charge in [-0.3, -0.25) is 4.79 Å². The summed E-state index contributed by atoms with van der Waals surface area (Å²) in [5, 5.41) is 8.99. The molecule has 0 unspecified atom stereocenters. The maximum Gasteiger partial charge on any atom is 0.337 e. The fourth-order valence-corrected chi connectivity index (χ4v) is 31.1. The predicted octanol–water partition coefficient (Wildman–Crippen LogP) is 30.1. The summed E-state index contributed by atoms with van der Waals surface area (Å²) in [6.45, 7) is 6.40. The quantitative estimate of drug-likeness (QED) is 0.0745. The van der Waals surface area contributed by atoms with E-state index in [-0.39, 0.29) is 77.1 Å². The number of methoxy groups -OCH3 is 1. The first-order chi connectivity index (χ1) is 65.5. The molecule has 6 aliphatic rings. The smallest absolute Gasteiger partial charge is 0.337 e. The summed E-state index contributed by atoms with van der Waals surface area (Å²) in [5.41, 5.74) is 6.07. The highest BCUT2D eigenvalue weighted by Crippen LogP contribution is 2.53. The lowest BCUT2D eigenvalue weighted by molar-refractivity contribution is 0.0600. The van der Waals surface area contributed by atoms with Crippen LogP contribution in [0.2, 0.25) is 0 Å². The average molecular weight is 1860 g/mol. The van der Waals surface area contributed by atoms with Crippen LogP contribution in [0, 0.1) is 18.3 Å². The molecule has 0 amide bonds. The topological polar surface area (TPSA) is 113 Å². The van der Waals surface area contributed by atoms with Crippen molar-refractivity contribution in [3.63, 3.8) is 0 Å². The molecule has 0 fully saturated rings. The van der Waals surface area contributed by atoms with Gasteiger partial charge in [0.05, 0.1) is 51.6 Å². The lowest BCUT2D eigenvalue weighted by Crippen LogP contribution is -2.15. The number of Topliss-reactive ketones (excluding diaryl/α,β-unsaturated/α-hetero) is 1. The highest BCUT2D eigenvalue weighted by molar-refractivity contribution is 8.04. The van der Waals surface area contributed by atoms with Crippen molar-refractivity contribution in [1.29, 1.82) is 5.26 Å². The number of nitriles is 1. The van der Waals surface area contributed by atoms with Gasteiger partial charge in [0.15, 0.2) is 101 Å². The van der Waals surface area contributed by atoms with Gasteiger partial charge in [0.2, 0.25) is 39.2 Å². The Hall–Kier alpha value is -14.0.